The zero-order valence-corrected chi connectivity index (χ0v) is 17.5. The average molecular weight is 399 g/mol. The number of likely N-dealkylation sites (tertiary alicyclic amines) is 1. The predicted molar refractivity (Wildman–Crippen MR) is 118 cm³/mol. The fourth-order valence-corrected chi connectivity index (χ4v) is 4.33. The summed E-state index contributed by atoms with van der Waals surface area (Å²) in [7, 11) is 1.87. The van der Waals surface area contributed by atoms with E-state index < -0.39 is 0 Å². The molecule has 1 aromatic heterocycles. The van der Waals surface area contributed by atoms with Gasteiger partial charge in [0.15, 0.2) is 5.96 Å². The quantitative estimate of drug-likeness (QED) is 0.579. The van der Waals surface area contributed by atoms with Crippen LogP contribution in [0.2, 0.25) is 0 Å². The molecule has 0 aliphatic carbocycles. The second-order valence-electron chi connectivity index (χ2n) is 8.11. The van der Waals surface area contributed by atoms with Crippen molar-refractivity contribution in [3.63, 3.8) is 0 Å². The number of rotatable bonds is 6. The summed E-state index contributed by atoms with van der Waals surface area (Å²) < 4.78 is 11.9. The van der Waals surface area contributed by atoms with E-state index in [1.165, 1.54) is 29.4 Å². The number of hydrogen-bond acceptors (Lipinski definition) is 3. The van der Waals surface area contributed by atoms with Crippen molar-refractivity contribution in [3.8, 4) is 0 Å². The van der Waals surface area contributed by atoms with Gasteiger partial charge in [-0.05, 0) is 49.6 Å². The predicted octanol–water partition coefficient (Wildman–Crippen LogP) is 3.34. The fourth-order valence-electron chi connectivity index (χ4n) is 4.33. The summed E-state index contributed by atoms with van der Waals surface area (Å²) in [5.74, 6) is 0.996. The maximum Gasteiger partial charge on any atom is 0.193 e. The lowest BCUT2D eigenvalue weighted by atomic mass is 10.1. The van der Waals surface area contributed by atoms with E-state index in [1.807, 2.05) is 7.05 Å². The van der Waals surface area contributed by atoms with Crippen LogP contribution < -0.4 is 5.32 Å². The van der Waals surface area contributed by atoms with E-state index in [4.69, 9.17) is 9.47 Å². The van der Waals surface area contributed by atoms with Gasteiger partial charge < -0.3 is 24.7 Å². The summed E-state index contributed by atoms with van der Waals surface area (Å²) >= 11 is 0. The minimum absolute atomic E-state index is 0.306. The minimum Gasteiger partial charge on any atom is -0.376 e. The van der Waals surface area contributed by atoms with Crippen LogP contribution in [0.1, 0.15) is 37.8 Å². The Morgan fingerprint density at radius 2 is 2.10 bits per heavy atom. The topological polar surface area (TPSA) is 61.9 Å². The number of aromatic amines is 1. The number of benzene rings is 1. The fraction of sp³-hybridized carbons (Fsp3) is 0.609. The second-order valence-corrected chi connectivity index (χ2v) is 8.11. The maximum atomic E-state index is 6.14. The number of aromatic nitrogens is 1. The molecule has 0 bridgehead atoms. The monoisotopic (exact) mass is 398 g/mol. The standard InChI is InChI=1S/C23H34N4O2/c1-24-23(25-12-9-19-16-18-6-2-3-8-22(18)26-19)27-13-10-20(11-14-27)29-17-21-7-4-5-15-28-21/h2-3,6,8,16,20-21,26H,4-5,7,9-15,17H2,1H3,(H,24,25). The van der Waals surface area contributed by atoms with Gasteiger partial charge >= 0.3 is 0 Å². The maximum absolute atomic E-state index is 6.14. The number of para-hydroxylation sites is 1. The zero-order valence-electron chi connectivity index (χ0n) is 17.5. The number of fused-ring (bicyclic) bond motifs is 1. The molecule has 2 aliphatic heterocycles. The normalized spacial score (nSPS) is 21.6. The molecule has 0 amide bonds. The third-order valence-corrected chi connectivity index (χ3v) is 6.01. The molecule has 0 spiro atoms. The van der Waals surface area contributed by atoms with E-state index in [0.29, 0.717) is 12.2 Å². The molecular weight excluding hydrogens is 364 g/mol. The minimum atomic E-state index is 0.306. The first-order valence-corrected chi connectivity index (χ1v) is 11.1. The van der Waals surface area contributed by atoms with Crippen LogP contribution >= 0.6 is 0 Å². The molecule has 4 rings (SSSR count). The van der Waals surface area contributed by atoms with Crippen LogP contribution in [0.3, 0.4) is 0 Å². The molecule has 6 heteroatoms. The molecule has 2 saturated heterocycles. The summed E-state index contributed by atoms with van der Waals surface area (Å²) in [6.07, 6.45) is 7.32. The van der Waals surface area contributed by atoms with Gasteiger partial charge in [0.2, 0.25) is 0 Å². The molecule has 1 atom stereocenters. The van der Waals surface area contributed by atoms with Gasteiger partial charge in [-0.25, -0.2) is 0 Å². The van der Waals surface area contributed by atoms with E-state index in [2.05, 4.69) is 50.5 Å². The Balaban J connectivity index is 1.18. The highest BCUT2D eigenvalue weighted by Gasteiger charge is 2.23. The highest BCUT2D eigenvalue weighted by Crippen LogP contribution is 2.18. The Kier molecular flexibility index (Phi) is 7.06. The lowest BCUT2D eigenvalue weighted by Gasteiger charge is -2.35. The largest absolute Gasteiger partial charge is 0.376 e. The van der Waals surface area contributed by atoms with Crippen LogP contribution in [-0.2, 0) is 15.9 Å². The molecular formula is C23H34N4O2. The Bertz CT molecular complexity index is 756. The van der Waals surface area contributed by atoms with Crippen molar-refractivity contribution >= 4 is 16.9 Å². The van der Waals surface area contributed by atoms with Gasteiger partial charge in [-0.3, -0.25) is 4.99 Å². The van der Waals surface area contributed by atoms with Gasteiger partial charge in [0, 0.05) is 50.9 Å². The zero-order chi connectivity index (χ0) is 19.9. The van der Waals surface area contributed by atoms with Gasteiger partial charge in [-0.1, -0.05) is 18.2 Å². The Morgan fingerprint density at radius 1 is 1.24 bits per heavy atom. The van der Waals surface area contributed by atoms with Crippen LogP contribution in [0.4, 0.5) is 0 Å². The number of guanidine groups is 1. The van der Waals surface area contributed by atoms with Crippen molar-refractivity contribution in [2.24, 2.45) is 4.99 Å². The summed E-state index contributed by atoms with van der Waals surface area (Å²) in [5, 5.41) is 4.80. The number of hydrogen-bond donors (Lipinski definition) is 2. The first-order valence-electron chi connectivity index (χ1n) is 11.1. The lowest BCUT2D eigenvalue weighted by Crippen LogP contribution is -2.47. The number of ether oxygens (including phenoxy) is 2. The Hall–Kier alpha value is -2.05. The molecule has 2 N–H and O–H groups in total. The van der Waals surface area contributed by atoms with E-state index >= 15 is 0 Å². The van der Waals surface area contributed by atoms with Crippen LogP contribution in [0, 0.1) is 0 Å². The molecule has 2 aliphatic rings. The number of nitrogens with one attached hydrogen (secondary N) is 2. The third kappa shape index (κ3) is 5.52. The van der Waals surface area contributed by atoms with Crippen LogP contribution in [-0.4, -0.2) is 67.9 Å². The van der Waals surface area contributed by atoms with E-state index in [1.54, 1.807) is 0 Å². The number of aliphatic imine (C=N–C) groups is 1. The van der Waals surface area contributed by atoms with Gasteiger partial charge in [-0.2, -0.15) is 0 Å². The van der Waals surface area contributed by atoms with Gasteiger partial charge in [-0.15, -0.1) is 0 Å². The number of nitrogens with zero attached hydrogens (tertiary/aromatic N) is 2. The molecule has 0 saturated carbocycles. The molecule has 2 fully saturated rings. The van der Waals surface area contributed by atoms with Crippen molar-refractivity contribution in [2.45, 2.75) is 50.7 Å². The van der Waals surface area contributed by atoms with Crippen molar-refractivity contribution in [3.05, 3.63) is 36.0 Å². The Labute approximate surface area is 173 Å². The van der Waals surface area contributed by atoms with E-state index in [0.717, 1.165) is 64.5 Å². The van der Waals surface area contributed by atoms with Crippen LogP contribution in [0.15, 0.2) is 35.3 Å². The van der Waals surface area contributed by atoms with E-state index in [9.17, 15) is 0 Å². The molecule has 3 heterocycles. The van der Waals surface area contributed by atoms with E-state index in [-0.39, 0.29) is 0 Å². The lowest BCUT2D eigenvalue weighted by molar-refractivity contribution is -0.0721. The summed E-state index contributed by atoms with van der Waals surface area (Å²) in [4.78, 5) is 10.3. The SMILES string of the molecule is CN=C(NCCc1cc2ccccc2[nH]1)N1CCC(OCC2CCCCO2)CC1. The van der Waals surface area contributed by atoms with Gasteiger partial charge in [0.25, 0.3) is 0 Å². The van der Waals surface area contributed by atoms with Crippen molar-refractivity contribution in [1.29, 1.82) is 0 Å². The van der Waals surface area contributed by atoms with Crippen LogP contribution in [0.5, 0.6) is 0 Å². The first-order chi connectivity index (χ1) is 14.3. The summed E-state index contributed by atoms with van der Waals surface area (Å²) in [6, 6.07) is 10.7. The second kappa shape index (κ2) is 10.1. The van der Waals surface area contributed by atoms with Crippen molar-refractivity contribution in [2.75, 3.05) is 39.9 Å². The number of piperidine rings is 1. The molecule has 29 heavy (non-hydrogen) atoms. The van der Waals surface area contributed by atoms with Crippen molar-refractivity contribution < 1.29 is 9.47 Å². The number of H-pyrrole nitrogens is 1. The summed E-state index contributed by atoms with van der Waals surface area (Å²) in [5.41, 5.74) is 2.46. The highest BCUT2D eigenvalue weighted by molar-refractivity contribution is 5.81. The smallest absolute Gasteiger partial charge is 0.193 e. The third-order valence-electron chi connectivity index (χ3n) is 6.01. The molecule has 2 aromatic rings. The van der Waals surface area contributed by atoms with Crippen molar-refractivity contribution in [1.82, 2.24) is 15.2 Å². The Morgan fingerprint density at radius 3 is 2.86 bits per heavy atom. The van der Waals surface area contributed by atoms with Gasteiger partial charge in [0.1, 0.15) is 0 Å². The van der Waals surface area contributed by atoms with Crippen LogP contribution in [0.25, 0.3) is 10.9 Å². The molecule has 158 valence electrons. The first kappa shape index (κ1) is 20.2. The molecule has 1 aromatic carbocycles. The summed E-state index contributed by atoms with van der Waals surface area (Å²) in [6.45, 7) is 4.49. The highest BCUT2D eigenvalue weighted by atomic mass is 16.5. The average Bonchev–Trinajstić information content (AvgIpc) is 3.19. The van der Waals surface area contributed by atoms with Gasteiger partial charge in [0.05, 0.1) is 18.8 Å². The molecule has 6 nitrogen and oxygen atoms in total. The molecule has 1 unspecified atom stereocenters. The molecule has 0 radical (unpaired) electrons.